The summed E-state index contributed by atoms with van der Waals surface area (Å²) >= 11 is 2.81. The first-order valence-electron chi connectivity index (χ1n) is 8.88. The lowest BCUT2D eigenvalue weighted by molar-refractivity contribution is -0.115. The molecule has 0 radical (unpaired) electrons. The van der Waals surface area contributed by atoms with Crippen molar-refractivity contribution in [3.8, 4) is 5.75 Å². The molecule has 0 aliphatic heterocycles. The lowest BCUT2D eigenvalue weighted by atomic mass is 10.1. The van der Waals surface area contributed by atoms with Crippen molar-refractivity contribution in [3.05, 3.63) is 54.1 Å². The van der Waals surface area contributed by atoms with Gasteiger partial charge in [-0.05, 0) is 55.3 Å². The zero-order valence-electron chi connectivity index (χ0n) is 15.9. The highest BCUT2D eigenvalue weighted by atomic mass is 32.2. The molecule has 6 nitrogen and oxygen atoms in total. The van der Waals surface area contributed by atoms with Gasteiger partial charge in [0, 0.05) is 11.4 Å². The molecule has 0 saturated heterocycles. The van der Waals surface area contributed by atoms with Crippen LogP contribution in [0.5, 0.6) is 5.75 Å². The number of anilines is 3. The fraction of sp³-hybridized carbons (Fsp3) is 0.250. The Hall–Kier alpha value is -2.58. The molecule has 3 aromatic rings. The number of carbonyl (C=O) groups excluding carboxylic acids is 1. The van der Waals surface area contributed by atoms with Crippen LogP contribution >= 0.6 is 23.1 Å². The summed E-state index contributed by atoms with van der Waals surface area (Å²) in [6, 6.07) is 15.5. The van der Waals surface area contributed by atoms with E-state index >= 15 is 0 Å². The quantitative estimate of drug-likeness (QED) is 0.507. The van der Waals surface area contributed by atoms with E-state index in [2.05, 4.69) is 39.9 Å². The molecule has 8 heteroatoms. The second-order valence-electron chi connectivity index (χ2n) is 6.03. The minimum Gasteiger partial charge on any atom is -0.497 e. The predicted octanol–water partition coefficient (Wildman–Crippen LogP) is 4.97. The molecule has 1 heterocycles. The molecule has 28 heavy (non-hydrogen) atoms. The first kappa shape index (κ1) is 20.2. The topological polar surface area (TPSA) is 76.1 Å². The lowest BCUT2D eigenvalue weighted by Gasteiger charge is -2.10. The molecule has 2 aromatic carbocycles. The van der Waals surface area contributed by atoms with Crippen molar-refractivity contribution >= 4 is 45.5 Å². The van der Waals surface area contributed by atoms with Gasteiger partial charge in [-0.25, -0.2) is 0 Å². The van der Waals surface area contributed by atoms with Gasteiger partial charge in [-0.3, -0.25) is 4.79 Å². The molecular formula is C20H22N4O2S2. The molecule has 3 rings (SSSR count). The standard InChI is InChI=1S/C20H22N4O2S2/c1-4-14-5-7-16(8-6-14)22-19-23-24-20(28-19)27-13(2)18(25)21-15-9-11-17(26-3)12-10-15/h5-13H,4H2,1-3H3,(H,21,25)(H,22,23)/t13-/m0/s1. The Kier molecular flexibility index (Phi) is 6.89. The normalized spacial score (nSPS) is 11.7. The first-order chi connectivity index (χ1) is 13.6. The van der Waals surface area contributed by atoms with Crippen LogP contribution in [-0.2, 0) is 11.2 Å². The molecule has 0 aliphatic rings. The van der Waals surface area contributed by atoms with Crippen molar-refractivity contribution in [2.24, 2.45) is 0 Å². The maximum absolute atomic E-state index is 12.4. The number of ether oxygens (including phenoxy) is 1. The van der Waals surface area contributed by atoms with E-state index in [1.807, 2.05) is 43.3 Å². The molecule has 0 unspecified atom stereocenters. The van der Waals surface area contributed by atoms with Gasteiger partial charge in [0.25, 0.3) is 0 Å². The smallest absolute Gasteiger partial charge is 0.237 e. The van der Waals surface area contributed by atoms with E-state index in [1.165, 1.54) is 28.7 Å². The number of rotatable bonds is 8. The average molecular weight is 415 g/mol. The predicted molar refractivity (Wildman–Crippen MR) is 116 cm³/mol. The van der Waals surface area contributed by atoms with Gasteiger partial charge >= 0.3 is 0 Å². The van der Waals surface area contributed by atoms with Crippen molar-refractivity contribution in [2.75, 3.05) is 17.7 Å². The minimum absolute atomic E-state index is 0.0879. The van der Waals surface area contributed by atoms with Crippen LogP contribution in [-0.4, -0.2) is 28.5 Å². The summed E-state index contributed by atoms with van der Waals surface area (Å²) in [5.41, 5.74) is 2.99. The number of nitrogens with one attached hydrogen (secondary N) is 2. The Morgan fingerprint density at radius 3 is 2.43 bits per heavy atom. The van der Waals surface area contributed by atoms with Crippen molar-refractivity contribution in [2.45, 2.75) is 29.9 Å². The molecule has 0 aliphatic carbocycles. The van der Waals surface area contributed by atoms with Crippen molar-refractivity contribution in [1.29, 1.82) is 0 Å². The van der Waals surface area contributed by atoms with Crippen LogP contribution in [0, 0.1) is 0 Å². The first-order valence-corrected chi connectivity index (χ1v) is 10.6. The Morgan fingerprint density at radius 2 is 1.79 bits per heavy atom. The number of methoxy groups -OCH3 is 1. The average Bonchev–Trinajstić information content (AvgIpc) is 3.15. The van der Waals surface area contributed by atoms with Crippen LogP contribution in [0.25, 0.3) is 0 Å². The highest BCUT2D eigenvalue weighted by Gasteiger charge is 2.17. The highest BCUT2D eigenvalue weighted by Crippen LogP contribution is 2.31. The summed E-state index contributed by atoms with van der Waals surface area (Å²) in [6.07, 6.45) is 1.01. The van der Waals surface area contributed by atoms with Crippen LogP contribution in [0.2, 0.25) is 0 Å². The van der Waals surface area contributed by atoms with Gasteiger partial charge < -0.3 is 15.4 Å². The van der Waals surface area contributed by atoms with Gasteiger partial charge in [-0.1, -0.05) is 42.2 Å². The van der Waals surface area contributed by atoms with Gasteiger partial charge in [-0.2, -0.15) is 0 Å². The molecule has 1 aromatic heterocycles. The summed E-state index contributed by atoms with van der Waals surface area (Å²) in [6.45, 7) is 3.98. The molecule has 2 N–H and O–H groups in total. The van der Waals surface area contributed by atoms with E-state index in [1.54, 1.807) is 7.11 Å². The number of nitrogens with zero attached hydrogens (tertiary/aromatic N) is 2. The fourth-order valence-corrected chi connectivity index (χ4v) is 4.29. The highest BCUT2D eigenvalue weighted by molar-refractivity contribution is 8.02. The lowest BCUT2D eigenvalue weighted by Crippen LogP contribution is -2.22. The number of hydrogen-bond acceptors (Lipinski definition) is 7. The van der Waals surface area contributed by atoms with E-state index in [9.17, 15) is 4.79 Å². The van der Waals surface area contributed by atoms with Crippen LogP contribution in [0.4, 0.5) is 16.5 Å². The number of benzene rings is 2. The van der Waals surface area contributed by atoms with Crippen molar-refractivity contribution in [3.63, 3.8) is 0 Å². The van der Waals surface area contributed by atoms with Crippen LogP contribution in [0.1, 0.15) is 19.4 Å². The third-order valence-electron chi connectivity index (χ3n) is 4.02. The van der Waals surface area contributed by atoms with Crippen LogP contribution in [0.15, 0.2) is 52.9 Å². The zero-order chi connectivity index (χ0) is 19.9. The zero-order valence-corrected chi connectivity index (χ0v) is 17.6. The largest absolute Gasteiger partial charge is 0.497 e. The third-order valence-corrected chi connectivity index (χ3v) is 6.05. The second-order valence-corrected chi connectivity index (χ2v) is 8.59. The molecular weight excluding hydrogens is 392 g/mol. The number of carbonyl (C=O) groups is 1. The number of hydrogen-bond donors (Lipinski definition) is 2. The van der Waals surface area contributed by atoms with E-state index < -0.39 is 0 Å². The summed E-state index contributed by atoms with van der Waals surface area (Å²) in [7, 11) is 1.61. The number of amides is 1. The molecule has 0 fully saturated rings. The molecule has 1 atom stereocenters. The molecule has 1 amide bonds. The van der Waals surface area contributed by atoms with E-state index in [0.717, 1.165) is 27.9 Å². The van der Waals surface area contributed by atoms with Gasteiger partial charge in [0.2, 0.25) is 11.0 Å². The van der Waals surface area contributed by atoms with E-state index in [4.69, 9.17) is 4.74 Å². The molecule has 0 saturated carbocycles. The Labute approximate surface area is 172 Å². The minimum atomic E-state index is -0.299. The molecule has 0 spiro atoms. The Morgan fingerprint density at radius 1 is 1.11 bits per heavy atom. The fourth-order valence-electron chi connectivity index (χ4n) is 2.38. The van der Waals surface area contributed by atoms with Crippen LogP contribution in [0.3, 0.4) is 0 Å². The Bertz CT molecular complexity index is 911. The van der Waals surface area contributed by atoms with Crippen LogP contribution < -0.4 is 15.4 Å². The van der Waals surface area contributed by atoms with Crippen molar-refractivity contribution < 1.29 is 9.53 Å². The van der Waals surface area contributed by atoms with Gasteiger partial charge in [0.05, 0.1) is 12.4 Å². The molecule has 0 bridgehead atoms. The summed E-state index contributed by atoms with van der Waals surface area (Å²) < 4.78 is 5.86. The maximum atomic E-state index is 12.4. The second kappa shape index (κ2) is 9.57. The summed E-state index contributed by atoms with van der Waals surface area (Å²) in [5.74, 6) is 0.661. The molecule has 146 valence electrons. The SMILES string of the molecule is CCc1ccc(Nc2nnc(S[C@@H](C)C(=O)Nc3ccc(OC)cc3)s2)cc1. The number of aryl methyl sites for hydroxylation is 1. The number of thioether (sulfide) groups is 1. The van der Waals surface area contributed by atoms with Crippen molar-refractivity contribution in [1.82, 2.24) is 10.2 Å². The third kappa shape index (κ3) is 5.46. The van der Waals surface area contributed by atoms with Gasteiger partial charge in [-0.15, -0.1) is 10.2 Å². The van der Waals surface area contributed by atoms with E-state index in [0.29, 0.717) is 5.13 Å². The summed E-state index contributed by atoms with van der Waals surface area (Å²) in [5, 5.41) is 14.9. The monoisotopic (exact) mass is 414 g/mol. The maximum Gasteiger partial charge on any atom is 0.237 e. The summed E-state index contributed by atoms with van der Waals surface area (Å²) in [4.78, 5) is 12.4. The van der Waals surface area contributed by atoms with E-state index in [-0.39, 0.29) is 11.2 Å². The Balaban J connectivity index is 1.54. The van der Waals surface area contributed by atoms with Gasteiger partial charge in [0.15, 0.2) is 4.34 Å². The number of aromatic nitrogens is 2. The van der Waals surface area contributed by atoms with Gasteiger partial charge in [0.1, 0.15) is 5.75 Å².